The van der Waals surface area contributed by atoms with Gasteiger partial charge in [0.15, 0.2) is 5.76 Å². The Morgan fingerprint density at radius 1 is 1.33 bits per heavy atom. The first-order valence-electron chi connectivity index (χ1n) is 8.84. The van der Waals surface area contributed by atoms with Crippen molar-refractivity contribution in [3.05, 3.63) is 63.8 Å². The fraction of sp³-hybridized carbons (Fsp3) is 0.350. The molecular formula is C20H22N2O4S. The Bertz CT molecular complexity index is 831. The summed E-state index contributed by atoms with van der Waals surface area (Å²) in [6.07, 6.45) is 3.95. The molecule has 0 saturated heterocycles. The molecule has 0 spiro atoms. The minimum absolute atomic E-state index is 0.109. The number of Topliss-reactive ketones (excluding diaryl/α,β-unsaturated/α-hetero) is 1. The van der Waals surface area contributed by atoms with Gasteiger partial charge in [0.25, 0.3) is 5.91 Å². The van der Waals surface area contributed by atoms with Crippen molar-refractivity contribution >= 4 is 23.0 Å². The number of pyridine rings is 1. The molecule has 1 amide bonds. The van der Waals surface area contributed by atoms with Crippen LogP contribution in [-0.4, -0.2) is 45.9 Å². The number of nitrogens with zero attached hydrogens (tertiary/aromatic N) is 2. The van der Waals surface area contributed by atoms with Gasteiger partial charge in [0.2, 0.25) is 5.78 Å². The number of aromatic nitrogens is 1. The van der Waals surface area contributed by atoms with Crippen molar-refractivity contribution in [2.75, 3.05) is 13.2 Å². The molecule has 7 heteroatoms. The summed E-state index contributed by atoms with van der Waals surface area (Å²) in [6, 6.07) is 6.36. The van der Waals surface area contributed by atoms with Crippen LogP contribution in [0.25, 0.3) is 0 Å². The number of ketones is 1. The number of aliphatic hydroxyl groups is 1. The average molecular weight is 386 g/mol. The van der Waals surface area contributed by atoms with Gasteiger partial charge in [-0.3, -0.25) is 14.6 Å². The number of hydrogen-bond donors (Lipinski definition) is 1. The maximum absolute atomic E-state index is 13.0. The van der Waals surface area contributed by atoms with E-state index in [0.29, 0.717) is 24.4 Å². The quantitative estimate of drug-likeness (QED) is 0.554. The fourth-order valence-electron chi connectivity index (χ4n) is 3.10. The van der Waals surface area contributed by atoms with Gasteiger partial charge in [-0.05, 0) is 49.4 Å². The Labute approximate surface area is 162 Å². The predicted octanol–water partition coefficient (Wildman–Crippen LogP) is 3.54. The van der Waals surface area contributed by atoms with Crippen LogP contribution in [0.2, 0.25) is 0 Å². The summed E-state index contributed by atoms with van der Waals surface area (Å²) in [4.78, 5) is 31.7. The van der Waals surface area contributed by atoms with Crippen LogP contribution in [-0.2, 0) is 9.53 Å². The van der Waals surface area contributed by atoms with Crippen LogP contribution in [0.15, 0.2) is 53.4 Å². The molecule has 0 fully saturated rings. The number of aliphatic hydroxyl groups excluding tert-OH is 1. The molecule has 3 heterocycles. The minimum atomic E-state index is -0.630. The second-order valence-corrected chi connectivity index (χ2v) is 7.47. The number of rotatable bonds is 8. The number of carbonyl (C=O) groups excluding carboxylic acids is 2. The topological polar surface area (TPSA) is 79.7 Å². The van der Waals surface area contributed by atoms with Gasteiger partial charge in [-0.25, -0.2) is 0 Å². The van der Waals surface area contributed by atoms with Crippen LogP contribution in [0.1, 0.15) is 41.5 Å². The summed E-state index contributed by atoms with van der Waals surface area (Å²) in [5.74, 6) is -1.32. The first-order chi connectivity index (χ1) is 13.0. The van der Waals surface area contributed by atoms with Gasteiger partial charge < -0.3 is 14.7 Å². The maximum atomic E-state index is 13.0. The van der Waals surface area contributed by atoms with E-state index in [1.165, 1.54) is 16.2 Å². The molecule has 2 aromatic heterocycles. The largest absolute Gasteiger partial charge is 0.503 e. The highest BCUT2D eigenvalue weighted by Gasteiger charge is 2.43. The Balaban J connectivity index is 1.91. The van der Waals surface area contributed by atoms with Gasteiger partial charge in [0.05, 0.1) is 22.6 Å². The highest BCUT2D eigenvalue weighted by atomic mass is 32.1. The Morgan fingerprint density at radius 2 is 2.07 bits per heavy atom. The third-order valence-corrected chi connectivity index (χ3v) is 5.18. The van der Waals surface area contributed by atoms with E-state index in [0.717, 1.165) is 5.56 Å². The lowest BCUT2D eigenvalue weighted by Crippen LogP contribution is -2.32. The van der Waals surface area contributed by atoms with Crippen molar-refractivity contribution in [1.29, 1.82) is 0 Å². The van der Waals surface area contributed by atoms with Crippen LogP contribution in [0.4, 0.5) is 0 Å². The number of ether oxygens (including phenoxy) is 1. The summed E-state index contributed by atoms with van der Waals surface area (Å²) >= 11 is 1.29. The van der Waals surface area contributed by atoms with Crippen molar-refractivity contribution in [2.24, 2.45) is 0 Å². The van der Waals surface area contributed by atoms with E-state index in [2.05, 4.69) is 4.98 Å². The molecule has 1 aliphatic heterocycles. The van der Waals surface area contributed by atoms with Gasteiger partial charge in [-0.15, -0.1) is 11.3 Å². The number of hydrogen-bond acceptors (Lipinski definition) is 6. The van der Waals surface area contributed by atoms with Gasteiger partial charge in [0.1, 0.15) is 0 Å². The molecule has 1 unspecified atom stereocenters. The van der Waals surface area contributed by atoms with E-state index in [9.17, 15) is 14.7 Å². The van der Waals surface area contributed by atoms with Gasteiger partial charge >= 0.3 is 0 Å². The Kier molecular flexibility index (Phi) is 6.03. The SMILES string of the molecule is CC(C)OCCCN1C(=O)C(O)=C(C(=O)c2cccs2)C1c1ccncc1. The van der Waals surface area contributed by atoms with E-state index in [4.69, 9.17) is 4.74 Å². The molecule has 0 radical (unpaired) electrons. The Morgan fingerprint density at radius 3 is 2.70 bits per heavy atom. The molecule has 0 saturated carbocycles. The molecule has 0 aromatic carbocycles. The predicted molar refractivity (Wildman–Crippen MR) is 103 cm³/mol. The zero-order chi connectivity index (χ0) is 19.4. The lowest BCUT2D eigenvalue weighted by atomic mass is 9.96. The number of carbonyl (C=O) groups is 2. The van der Waals surface area contributed by atoms with Gasteiger partial charge in [-0.2, -0.15) is 0 Å². The molecule has 1 N–H and O–H groups in total. The van der Waals surface area contributed by atoms with E-state index >= 15 is 0 Å². The average Bonchev–Trinajstić information content (AvgIpc) is 3.28. The zero-order valence-electron chi connectivity index (χ0n) is 15.3. The van der Waals surface area contributed by atoms with Crippen LogP contribution >= 0.6 is 11.3 Å². The summed E-state index contributed by atoms with van der Waals surface area (Å²) in [7, 11) is 0. The number of amides is 1. The Hall–Kier alpha value is -2.51. The third-order valence-electron chi connectivity index (χ3n) is 4.31. The molecule has 6 nitrogen and oxygen atoms in total. The molecule has 1 atom stereocenters. The maximum Gasteiger partial charge on any atom is 0.290 e. The van der Waals surface area contributed by atoms with E-state index in [1.54, 1.807) is 42.0 Å². The first-order valence-corrected chi connectivity index (χ1v) is 9.72. The molecule has 3 rings (SSSR count). The van der Waals surface area contributed by atoms with Crippen LogP contribution in [0.3, 0.4) is 0 Å². The van der Waals surface area contributed by atoms with E-state index in [-0.39, 0.29) is 17.5 Å². The number of thiophene rings is 1. The van der Waals surface area contributed by atoms with Crippen LogP contribution in [0.5, 0.6) is 0 Å². The van der Waals surface area contributed by atoms with Crippen LogP contribution in [0, 0.1) is 0 Å². The van der Waals surface area contributed by atoms with Crippen molar-refractivity contribution in [3.63, 3.8) is 0 Å². The summed E-state index contributed by atoms with van der Waals surface area (Å²) in [5, 5.41) is 12.3. The van der Waals surface area contributed by atoms with Crippen LogP contribution < -0.4 is 0 Å². The molecule has 2 aromatic rings. The summed E-state index contributed by atoms with van der Waals surface area (Å²) in [5.41, 5.74) is 0.866. The minimum Gasteiger partial charge on any atom is -0.503 e. The highest BCUT2D eigenvalue weighted by molar-refractivity contribution is 7.12. The smallest absolute Gasteiger partial charge is 0.290 e. The lowest BCUT2D eigenvalue weighted by Gasteiger charge is -2.26. The van der Waals surface area contributed by atoms with Gasteiger partial charge in [0, 0.05) is 25.5 Å². The molecule has 0 bridgehead atoms. The normalized spacial score (nSPS) is 17.2. The second-order valence-electron chi connectivity index (χ2n) is 6.52. The van der Waals surface area contributed by atoms with Crippen molar-refractivity contribution in [1.82, 2.24) is 9.88 Å². The molecule has 1 aliphatic rings. The molecule has 27 heavy (non-hydrogen) atoms. The summed E-state index contributed by atoms with van der Waals surface area (Å²) < 4.78 is 5.55. The monoisotopic (exact) mass is 386 g/mol. The standard InChI is InChI=1S/C20H22N2O4S/c1-13(2)26-11-4-10-22-17(14-6-8-21-9-7-14)16(19(24)20(22)25)18(23)15-5-3-12-27-15/h3,5-9,12-13,17,24H,4,10-11H2,1-2H3. The van der Waals surface area contributed by atoms with E-state index < -0.39 is 17.7 Å². The highest BCUT2D eigenvalue weighted by Crippen LogP contribution is 2.39. The fourth-order valence-corrected chi connectivity index (χ4v) is 3.78. The molecular weight excluding hydrogens is 364 g/mol. The summed E-state index contributed by atoms with van der Waals surface area (Å²) in [6.45, 7) is 4.78. The van der Waals surface area contributed by atoms with E-state index in [1.807, 2.05) is 13.8 Å². The third kappa shape index (κ3) is 4.09. The molecule has 142 valence electrons. The van der Waals surface area contributed by atoms with Crippen molar-refractivity contribution < 1.29 is 19.4 Å². The molecule has 0 aliphatic carbocycles. The zero-order valence-corrected chi connectivity index (χ0v) is 16.1. The first kappa shape index (κ1) is 19.3. The van der Waals surface area contributed by atoms with Crippen molar-refractivity contribution in [2.45, 2.75) is 32.4 Å². The van der Waals surface area contributed by atoms with Gasteiger partial charge in [-0.1, -0.05) is 6.07 Å². The second kappa shape index (κ2) is 8.45. The lowest BCUT2D eigenvalue weighted by molar-refractivity contribution is -0.129. The van der Waals surface area contributed by atoms with Crippen molar-refractivity contribution in [3.8, 4) is 0 Å².